The van der Waals surface area contributed by atoms with Gasteiger partial charge in [0, 0.05) is 6.54 Å². The van der Waals surface area contributed by atoms with Gasteiger partial charge < -0.3 is 10.6 Å². The Morgan fingerprint density at radius 1 is 1.08 bits per heavy atom. The number of amides is 2. The number of carbonyl (C=O) groups is 1. The molecule has 0 aromatic heterocycles. The number of urea groups is 1. The van der Waals surface area contributed by atoms with Crippen molar-refractivity contribution in [3.05, 3.63) is 70.8 Å². The van der Waals surface area contributed by atoms with Gasteiger partial charge in [0.1, 0.15) is 0 Å². The first-order valence-electron chi connectivity index (χ1n) is 7.72. The Balaban J connectivity index is 1.53. The molecule has 1 aliphatic carbocycles. The fraction of sp³-hybridized carbons (Fsp3) is 0.278. The van der Waals surface area contributed by atoms with Gasteiger partial charge in [0.05, 0.1) is 11.6 Å². The fourth-order valence-electron chi connectivity index (χ4n) is 2.91. The number of fused-ring (bicyclic) bond motifs is 1. The molecule has 6 heteroatoms. The van der Waals surface area contributed by atoms with Crippen molar-refractivity contribution >= 4 is 6.03 Å². The average molecular weight is 334 g/mol. The minimum Gasteiger partial charge on any atom is -0.334 e. The van der Waals surface area contributed by atoms with E-state index in [0.717, 1.165) is 30.5 Å². The van der Waals surface area contributed by atoms with Crippen molar-refractivity contribution in [2.75, 3.05) is 0 Å². The molecule has 0 fully saturated rings. The molecule has 0 bridgehead atoms. The standard InChI is InChI=1S/C18H17F3N2O/c19-18(20,21)14-8-5-12(6-9-14)11-22-17(24)23-16-10-7-13-3-1-2-4-15(13)16/h1-6,8-9,16H,7,10-11H2,(H2,22,23,24)/t16-/m0/s1. The lowest BCUT2D eigenvalue weighted by molar-refractivity contribution is -0.137. The van der Waals surface area contributed by atoms with Crippen LogP contribution in [-0.2, 0) is 19.1 Å². The van der Waals surface area contributed by atoms with Crippen LogP contribution >= 0.6 is 0 Å². The fourth-order valence-corrected chi connectivity index (χ4v) is 2.91. The van der Waals surface area contributed by atoms with E-state index < -0.39 is 11.7 Å². The third kappa shape index (κ3) is 3.69. The minimum atomic E-state index is -4.35. The van der Waals surface area contributed by atoms with E-state index in [-0.39, 0.29) is 18.6 Å². The summed E-state index contributed by atoms with van der Waals surface area (Å²) in [4.78, 5) is 12.0. The number of hydrogen-bond donors (Lipinski definition) is 2. The highest BCUT2D eigenvalue weighted by Crippen LogP contribution is 2.31. The van der Waals surface area contributed by atoms with Crippen LogP contribution in [0.5, 0.6) is 0 Å². The number of halogens is 3. The first kappa shape index (κ1) is 16.4. The lowest BCUT2D eigenvalue weighted by atomic mass is 10.1. The van der Waals surface area contributed by atoms with Gasteiger partial charge in [-0.25, -0.2) is 4.79 Å². The summed E-state index contributed by atoms with van der Waals surface area (Å²) in [6.45, 7) is 0.179. The van der Waals surface area contributed by atoms with Crippen molar-refractivity contribution in [2.24, 2.45) is 0 Å². The Hall–Kier alpha value is -2.50. The van der Waals surface area contributed by atoms with Crippen LogP contribution in [0.4, 0.5) is 18.0 Å². The third-order valence-electron chi connectivity index (χ3n) is 4.17. The molecule has 0 saturated heterocycles. The maximum Gasteiger partial charge on any atom is 0.416 e. The van der Waals surface area contributed by atoms with Crippen molar-refractivity contribution < 1.29 is 18.0 Å². The van der Waals surface area contributed by atoms with Crippen LogP contribution in [0.2, 0.25) is 0 Å². The van der Waals surface area contributed by atoms with E-state index in [1.165, 1.54) is 17.7 Å². The van der Waals surface area contributed by atoms with Gasteiger partial charge in [-0.05, 0) is 41.7 Å². The Bertz CT molecular complexity index is 726. The van der Waals surface area contributed by atoms with Crippen molar-refractivity contribution in [1.82, 2.24) is 10.6 Å². The van der Waals surface area contributed by atoms with E-state index >= 15 is 0 Å². The highest BCUT2D eigenvalue weighted by Gasteiger charge is 2.30. The molecule has 3 rings (SSSR count). The van der Waals surface area contributed by atoms with E-state index in [0.29, 0.717) is 5.56 Å². The maximum atomic E-state index is 12.5. The van der Waals surface area contributed by atoms with Crippen molar-refractivity contribution in [2.45, 2.75) is 31.6 Å². The second-order valence-corrected chi connectivity index (χ2v) is 5.81. The van der Waals surface area contributed by atoms with Crippen molar-refractivity contribution in [3.63, 3.8) is 0 Å². The molecule has 2 aromatic rings. The summed E-state index contributed by atoms with van der Waals surface area (Å²) < 4.78 is 37.5. The predicted molar refractivity (Wildman–Crippen MR) is 84.3 cm³/mol. The number of rotatable bonds is 3. The summed E-state index contributed by atoms with van der Waals surface area (Å²) >= 11 is 0. The molecule has 126 valence electrons. The van der Waals surface area contributed by atoms with Gasteiger partial charge >= 0.3 is 12.2 Å². The van der Waals surface area contributed by atoms with Crippen molar-refractivity contribution in [1.29, 1.82) is 0 Å². The molecule has 0 unspecified atom stereocenters. The molecule has 3 nitrogen and oxygen atoms in total. The number of carbonyl (C=O) groups excluding carboxylic acids is 1. The SMILES string of the molecule is O=C(NCc1ccc(C(F)(F)F)cc1)N[C@H]1CCc2ccccc21. The minimum absolute atomic E-state index is 0.0196. The molecule has 1 aliphatic rings. The zero-order valence-electron chi connectivity index (χ0n) is 12.9. The monoisotopic (exact) mass is 334 g/mol. The Labute approximate surface area is 137 Å². The summed E-state index contributed by atoms with van der Waals surface area (Å²) in [6.07, 6.45) is -2.56. The van der Waals surface area contributed by atoms with Crippen LogP contribution in [0.3, 0.4) is 0 Å². The lowest BCUT2D eigenvalue weighted by Gasteiger charge is -2.15. The zero-order chi connectivity index (χ0) is 17.2. The average Bonchev–Trinajstić information content (AvgIpc) is 2.96. The number of hydrogen-bond acceptors (Lipinski definition) is 1. The van der Waals surface area contributed by atoms with E-state index in [2.05, 4.69) is 16.7 Å². The molecule has 2 aromatic carbocycles. The van der Waals surface area contributed by atoms with E-state index in [1.54, 1.807) is 0 Å². The molecule has 24 heavy (non-hydrogen) atoms. The highest BCUT2D eigenvalue weighted by molar-refractivity contribution is 5.74. The second-order valence-electron chi connectivity index (χ2n) is 5.81. The van der Waals surface area contributed by atoms with Crippen molar-refractivity contribution in [3.8, 4) is 0 Å². The zero-order valence-corrected chi connectivity index (χ0v) is 12.9. The number of alkyl halides is 3. The summed E-state index contributed by atoms with van der Waals surface area (Å²) in [5, 5.41) is 5.59. The van der Waals surface area contributed by atoms with Crippen LogP contribution in [-0.4, -0.2) is 6.03 Å². The van der Waals surface area contributed by atoms with Crippen LogP contribution in [0, 0.1) is 0 Å². The van der Waals surface area contributed by atoms with Gasteiger partial charge in [-0.1, -0.05) is 36.4 Å². The van der Waals surface area contributed by atoms with Gasteiger partial charge in [-0.2, -0.15) is 13.2 Å². The Morgan fingerprint density at radius 2 is 1.79 bits per heavy atom. The Kier molecular flexibility index (Phi) is 4.46. The predicted octanol–water partition coefficient (Wildman–Crippen LogP) is 4.19. The van der Waals surface area contributed by atoms with Gasteiger partial charge in [-0.3, -0.25) is 0 Å². The van der Waals surface area contributed by atoms with E-state index in [4.69, 9.17) is 0 Å². The molecule has 0 saturated carbocycles. The van der Waals surface area contributed by atoms with Crippen LogP contribution < -0.4 is 10.6 Å². The normalized spacial score (nSPS) is 16.5. The first-order valence-corrected chi connectivity index (χ1v) is 7.72. The molecule has 0 heterocycles. The molecule has 0 radical (unpaired) electrons. The van der Waals surface area contributed by atoms with Gasteiger partial charge in [0.2, 0.25) is 0 Å². The molecule has 0 spiro atoms. The molecule has 1 atom stereocenters. The molecule has 2 amide bonds. The van der Waals surface area contributed by atoms with Gasteiger partial charge in [0.25, 0.3) is 0 Å². The maximum absolute atomic E-state index is 12.5. The van der Waals surface area contributed by atoms with Crippen LogP contribution in [0.15, 0.2) is 48.5 Å². The molecule has 2 N–H and O–H groups in total. The number of aryl methyl sites for hydroxylation is 1. The van der Waals surface area contributed by atoms with Gasteiger partial charge in [0.15, 0.2) is 0 Å². The summed E-state index contributed by atoms with van der Waals surface area (Å²) in [5.41, 5.74) is 2.29. The second kappa shape index (κ2) is 6.55. The molecular formula is C18H17F3N2O. The van der Waals surface area contributed by atoms with E-state index in [1.807, 2.05) is 18.2 Å². The largest absolute Gasteiger partial charge is 0.416 e. The summed E-state index contributed by atoms with van der Waals surface area (Å²) in [6, 6.07) is 12.4. The summed E-state index contributed by atoms with van der Waals surface area (Å²) in [5.74, 6) is 0. The molecular weight excluding hydrogens is 317 g/mol. The summed E-state index contributed by atoms with van der Waals surface area (Å²) in [7, 11) is 0. The lowest BCUT2D eigenvalue weighted by Crippen LogP contribution is -2.36. The highest BCUT2D eigenvalue weighted by atomic mass is 19.4. The topological polar surface area (TPSA) is 41.1 Å². The third-order valence-corrected chi connectivity index (χ3v) is 4.17. The van der Waals surface area contributed by atoms with E-state index in [9.17, 15) is 18.0 Å². The first-order chi connectivity index (χ1) is 11.4. The Morgan fingerprint density at radius 3 is 2.50 bits per heavy atom. The van der Waals surface area contributed by atoms with Crippen LogP contribution in [0.25, 0.3) is 0 Å². The van der Waals surface area contributed by atoms with Gasteiger partial charge in [-0.15, -0.1) is 0 Å². The number of benzene rings is 2. The molecule has 0 aliphatic heterocycles. The van der Waals surface area contributed by atoms with Crippen LogP contribution in [0.1, 0.15) is 34.7 Å². The quantitative estimate of drug-likeness (QED) is 0.868. The smallest absolute Gasteiger partial charge is 0.334 e. The number of nitrogens with one attached hydrogen (secondary N) is 2.